The number of esters is 4. The van der Waals surface area contributed by atoms with Gasteiger partial charge in [0, 0.05) is 10.8 Å². The number of hydrogen-bond acceptors (Lipinski definition) is 8. The highest BCUT2D eigenvalue weighted by atomic mass is 16.6. The highest BCUT2D eigenvalue weighted by molar-refractivity contribution is 6.02. The fraction of sp³-hybridized carbons (Fsp3) is 0.769. The molecule has 0 N–H and O–H groups in total. The summed E-state index contributed by atoms with van der Waals surface area (Å²) < 4.78 is 21.0. The molecule has 4 atom stereocenters. The van der Waals surface area contributed by atoms with Crippen LogP contribution < -0.4 is 0 Å². The van der Waals surface area contributed by atoms with E-state index < -0.39 is 45.5 Å². The van der Waals surface area contributed by atoms with Crippen molar-refractivity contribution in [1.29, 1.82) is 0 Å². The summed E-state index contributed by atoms with van der Waals surface area (Å²) in [5.41, 5.74) is -3.47. The van der Waals surface area contributed by atoms with Crippen molar-refractivity contribution >= 4 is 23.9 Å². The van der Waals surface area contributed by atoms with E-state index in [0.717, 1.165) is 12.8 Å². The minimum absolute atomic E-state index is 0.128. The zero-order valence-electron chi connectivity index (χ0n) is 20.5. The summed E-state index contributed by atoms with van der Waals surface area (Å²) >= 11 is 0. The fourth-order valence-electron chi connectivity index (χ4n) is 6.30. The van der Waals surface area contributed by atoms with E-state index in [0.29, 0.717) is 12.8 Å². The van der Waals surface area contributed by atoms with Crippen molar-refractivity contribution < 1.29 is 38.1 Å². The third kappa shape index (κ3) is 3.68. The molecule has 0 aromatic rings. The maximum atomic E-state index is 12.8. The lowest BCUT2D eigenvalue weighted by Gasteiger charge is -2.27. The van der Waals surface area contributed by atoms with Crippen LogP contribution in [0.15, 0.2) is 0 Å². The lowest BCUT2D eigenvalue weighted by atomic mass is 9.79. The van der Waals surface area contributed by atoms with E-state index in [4.69, 9.17) is 18.9 Å². The fourth-order valence-corrected chi connectivity index (χ4v) is 6.30. The van der Waals surface area contributed by atoms with Gasteiger partial charge in [-0.15, -0.1) is 0 Å². The molecule has 0 radical (unpaired) electrons. The van der Waals surface area contributed by atoms with E-state index in [-0.39, 0.29) is 51.1 Å². The molecular formula is C26H34O8. The lowest BCUT2D eigenvalue weighted by Crippen LogP contribution is -2.41. The van der Waals surface area contributed by atoms with Gasteiger partial charge < -0.3 is 18.9 Å². The Labute approximate surface area is 200 Å². The van der Waals surface area contributed by atoms with Gasteiger partial charge in [-0.05, 0) is 78.1 Å². The van der Waals surface area contributed by atoms with Gasteiger partial charge in [-0.1, -0.05) is 11.8 Å². The molecule has 8 nitrogen and oxygen atoms in total. The molecule has 4 aliphatic carbocycles. The second kappa shape index (κ2) is 8.58. The Morgan fingerprint density at radius 2 is 0.882 bits per heavy atom. The molecule has 0 bridgehead atoms. The average Bonchev–Trinajstić information content (AvgIpc) is 3.59. The molecule has 0 spiro atoms. The third-order valence-corrected chi connectivity index (χ3v) is 8.11. The SMILES string of the molecule is CCOC(=O)C1(C(=O)OCC)CC2CC2(C#CC23CC2CC(C(=O)OCC)(C(=O)OCC)C3)C1. The second-order valence-corrected chi connectivity index (χ2v) is 10.2. The van der Waals surface area contributed by atoms with Crippen molar-refractivity contribution in [3.8, 4) is 11.8 Å². The predicted molar refractivity (Wildman–Crippen MR) is 119 cm³/mol. The molecule has 0 heterocycles. The molecule has 4 saturated carbocycles. The second-order valence-electron chi connectivity index (χ2n) is 10.2. The summed E-state index contributed by atoms with van der Waals surface area (Å²) in [6.45, 7) is 7.63. The molecule has 34 heavy (non-hydrogen) atoms. The zero-order valence-corrected chi connectivity index (χ0v) is 20.5. The summed E-state index contributed by atoms with van der Waals surface area (Å²) in [4.78, 5) is 51.2. The normalized spacial score (nSPS) is 32.8. The summed E-state index contributed by atoms with van der Waals surface area (Å²) in [5, 5.41) is 0. The van der Waals surface area contributed by atoms with Gasteiger partial charge in [0.25, 0.3) is 0 Å². The Balaban J connectivity index is 1.56. The van der Waals surface area contributed by atoms with Crippen molar-refractivity contribution in [2.75, 3.05) is 26.4 Å². The van der Waals surface area contributed by atoms with E-state index in [9.17, 15) is 19.2 Å². The minimum Gasteiger partial charge on any atom is -0.465 e. The Morgan fingerprint density at radius 1 is 0.588 bits per heavy atom. The van der Waals surface area contributed by atoms with Gasteiger partial charge in [0.1, 0.15) is 0 Å². The van der Waals surface area contributed by atoms with Gasteiger partial charge in [0.05, 0.1) is 26.4 Å². The van der Waals surface area contributed by atoms with Crippen LogP contribution in [-0.2, 0) is 38.1 Å². The van der Waals surface area contributed by atoms with Crippen LogP contribution in [0.5, 0.6) is 0 Å². The number of ether oxygens (including phenoxy) is 4. The average molecular weight is 475 g/mol. The van der Waals surface area contributed by atoms with E-state index in [1.165, 1.54) is 0 Å². The number of rotatable bonds is 8. The summed E-state index contributed by atoms with van der Waals surface area (Å²) in [5.74, 6) is 4.95. The van der Waals surface area contributed by atoms with Gasteiger partial charge >= 0.3 is 23.9 Å². The third-order valence-electron chi connectivity index (χ3n) is 8.11. The first-order valence-corrected chi connectivity index (χ1v) is 12.4. The molecule has 0 saturated heterocycles. The van der Waals surface area contributed by atoms with Gasteiger partial charge in [-0.2, -0.15) is 0 Å². The van der Waals surface area contributed by atoms with E-state index in [2.05, 4.69) is 11.8 Å². The van der Waals surface area contributed by atoms with Gasteiger partial charge in [0.2, 0.25) is 0 Å². The number of fused-ring (bicyclic) bond motifs is 2. The lowest BCUT2D eigenvalue weighted by molar-refractivity contribution is -0.174. The monoisotopic (exact) mass is 474 g/mol. The van der Waals surface area contributed by atoms with Crippen molar-refractivity contribution in [2.24, 2.45) is 33.5 Å². The largest absolute Gasteiger partial charge is 0.465 e. The smallest absolute Gasteiger partial charge is 0.323 e. The summed E-state index contributed by atoms with van der Waals surface area (Å²) in [6, 6.07) is 0. The minimum atomic E-state index is -1.31. The van der Waals surface area contributed by atoms with Gasteiger partial charge in [-0.25, -0.2) is 0 Å². The maximum Gasteiger partial charge on any atom is 0.323 e. The van der Waals surface area contributed by atoms with Crippen molar-refractivity contribution in [3.05, 3.63) is 0 Å². The molecule has 0 aromatic heterocycles. The number of hydrogen-bond donors (Lipinski definition) is 0. The number of carbonyl (C=O) groups is 4. The summed E-state index contributed by atoms with van der Waals surface area (Å²) in [6.07, 6.45) is 2.98. The predicted octanol–water partition coefficient (Wildman–Crippen LogP) is 2.82. The molecule has 4 unspecified atom stereocenters. The zero-order chi connectivity index (χ0) is 24.8. The Bertz CT molecular complexity index is 848. The molecular weight excluding hydrogens is 440 g/mol. The molecule has 186 valence electrons. The van der Waals surface area contributed by atoms with Crippen LogP contribution in [0, 0.1) is 45.3 Å². The van der Waals surface area contributed by atoms with Crippen LogP contribution in [0.2, 0.25) is 0 Å². The first-order chi connectivity index (χ1) is 16.2. The van der Waals surface area contributed by atoms with Crippen LogP contribution in [0.25, 0.3) is 0 Å². The molecule has 8 heteroatoms. The maximum absolute atomic E-state index is 12.8. The van der Waals surface area contributed by atoms with Gasteiger partial charge in [-0.3, -0.25) is 19.2 Å². The first-order valence-electron chi connectivity index (χ1n) is 12.4. The standard InChI is InChI=1S/C26H34O8/c1-5-31-19(27)25(20(28)32-6-2)13-17-11-23(17,15-25)9-10-24-12-18(24)14-26(16-24,21(29)33-7-3)22(30)34-8-4/h17-18H,5-8,11-16H2,1-4H3. The van der Waals surface area contributed by atoms with Crippen LogP contribution in [0.3, 0.4) is 0 Å². The van der Waals surface area contributed by atoms with E-state index in [1.54, 1.807) is 27.7 Å². The molecule has 0 amide bonds. The topological polar surface area (TPSA) is 105 Å². The quantitative estimate of drug-likeness (QED) is 0.229. The molecule has 0 aliphatic heterocycles. The first kappa shape index (κ1) is 24.6. The Kier molecular flexibility index (Phi) is 6.20. The van der Waals surface area contributed by atoms with Crippen molar-refractivity contribution in [1.82, 2.24) is 0 Å². The van der Waals surface area contributed by atoms with Crippen molar-refractivity contribution in [3.63, 3.8) is 0 Å². The van der Waals surface area contributed by atoms with Gasteiger partial charge in [0.15, 0.2) is 10.8 Å². The highest BCUT2D eigenvalue weighted by Crippen LogP contribution is 2.72. The van der Waals surface area contributed by atoms with E-state index in [1.807, 2.05) is 0 Å². The Morgan fingerprint density at radius 3 is 1.15 bits per heavy atom. The summed E-state index contributed by atoms with van der Waals surface area (Å²) in [7, 11) is 0. The molecule has 4 aliphatic rings. The highest BCUT2D eigenvalue weighted by Gasteiger charge is 2.73. The van der Waals surface area contributed by atoms with Crippen molar-refractivity contribution in [2.45, 2.75) is 66.2 Å². The van der Waals surface area contributed by atoms with Crippen LogP contribution >= 0.6 is 0 Å². The van der Waals surface area contributed by atoms with Crippen LogP contribution in [0.4, 0.5) is 0 Å². The number of carbonyl (C=O) groups excluding carboxylic acids is 4. The van der Waals surface area contributed by atoms with Crippen LogP contribution in [0.1, 0.15) is 66.2 Å². The molecule has 4 fully saturated rings. The molecule has 4 rings (SSSR count). The molecule has 0 aromatic carbocycles. The van der Waals surface area contributed by atoms with E-state index >= 15 is 0 Å². The Hall–Kier alpha value is -2.56. The van der Waals surface area contributed by atoms with Crippen LogP contribution in [-0.4, -0.2) is 50.3 Å².